The molecule has 1 aromatic rings. The summed E-state index contributed by atoms with van der Waals surface area (Å²) < 4.78 is 10.4. The van der Waals surface area contributed by atoms with Gasteiger partial charge >= 0.3 is 12.1 Å². The Bertz CT molecular complexity index is 560. The molecule has 24 heavy (non-hydrogen) atoms. The van der Waals surface area contributed by atoms with Crippen LogP contribution >= 0.6 is 0 Å². The largest absolute Gasteiger partial charge is 0.460 e. The van der Waals surface area contributed by atoms with E-state index in [9.17, 15) is 9.59 Å². The maximum absolute atomic E-state index is 12.1. The van der Waals surface area contributed by atoms with Gasteiger partial charge in [-0.05, 0) is 38.2 Å². The fourth-order valence-electron chi connectivity index (χ4n) is 2.57. The van der Waals surface area contributed by atoms with Crippen molar-refractivity contribution in [1.29, 1.82) is 0 Å². The van der Waals surface area contributed by atoms with Crippen LogP contribution in [0.5, 0.6) is 0 Å². The zero-order valence-corrected chi connectivity index (χ0v) is 14.3. The molecule has 1 amide bonds. The first-order valence-electron chi connectivity index (χ1n) is 8.39. The second-order valence-electron chi connectivity index (χ2n) is 6.21. The molecular formula is C19H25NO4. The summed E-state index contributed by atoms with van der Waals surface area (Å²) in [5.41, 5.74) is 0.979. The van der Waals surface area contributed by atoms with Crippen LogP contribution in [0.2, 0.25) is 0 Å². The van der Waals surface area contributed by atoms with Crippen molar-refractivity contribution in [2.75, 3.05) is 13.1 Å². The van der Waals surface area contributed by atoms with Gasteiger partial charge in [-0.15, -0.1) is 0 Å². The predicted octanol–water partition coefficient (Wildman–Crippen LogP) is 3.54. The average molecular weight is 331 g/mol. The van der Waals surface area contributed by atoms with Crippen LogP contribution in [-0.4, -0.2) is 36.2 Å². The van der Waals surface area contributed by atoms with E-state index in [4.69, 9.17) is 9.47 Å². The summed E-state index contributed by atoms with van der Waals surface area (Å²) in [5.74, 6) is -0.0161. The predicted molar refractivity (Wildman–Crippen MR) is 91.3 cm³/mol. The SMILES string of the molecule is CC(C)OC(=O)C=CC1CCN(C(=O)OCc2ccccc2)CC1. The van der Waals surface area contributed by atoms with Crippen molar-refractivity contribution >= 4 is 12.1 Å². The molecule has 130 valence electrons. The fourth-order valence-corrected chi connectivity index (χ4v) is 2.57. The van der Waals surface area contributed by atoms with Crippen LogP contribution in [0.25, 0.3) is 0 Å². The molecule has 0 radical (unpaired) electrons. The molecule has 1 aromatic carbocycles. The Morgan fingerprint density at radius 2 is 1.88 bits per heavy atom. The van der Waals surface area contributed by atoms with Crippen LogP contribution in [0.3, 0.4) is 0 Å². The lowest BCUT2D eigenvalue weighted by atomic mass is 9.97. The van der Waals surface area contributed by atoms with Crippen molar-refractivity contribution in [3.8, 4) is 0 Å². The van der Waals surface area contributed by atoms with Crippen molar-refractivity contribution < 1.29 is 19.1 Å². The Morgan fingerprint density at radius 3 is 2.50 bits per heavy atom. The van der Waals surface area contributed by atoms with E-state index in [0.29, 0.717) is 25.6 Å². The Balaban J connectivity index is 1.71. The minimum Gasteiger partial charge on any atom is -0.460 e. The second kappa shape index (κ2) is 9.11. The third kappa shape index (κ3) is 6.07. The van der Waals surface area contributed by atoms with Crippen molar-refractivity contribution in [3.05, 3.63) is 48.0 Å². The molecule has 0 unspecified atom stereocenters. The minimum absolute atomic E-state index is 0.108. The number of allylic oxidation sites excluding steroid dienone is 1. The number of carbonyl (C=O) groups excluding carboxylic acids is 2. The molecule has 0 spiro atoms. The molecular weight excluding hydrogens is 306 g/mol. The van der Waals surface area contributed by atoms with Gasteiger partial charge in [0, 0.05) is 19.2 Å². The Hall–Kier alpha value is -2.30. The number of likely N-dealkylation sites (tertiary alicyclic amines) is 1. The maximum atomic E-state index is 12.1. The fraction of sp³-hybridized carbons (Fsp3) is 0.474. The van der Waals surface area contributed by atoms with Crippen LogP contribution < -0.4 is 0 Å². The number of nitrogens with zero attached hydrogens (tertiary/aromatic N) is 1. The topological polar surface area (TPSA) is 55.8 Å². The molecule has 1 aliphatic rings. The van der Waals surface area contributed by atoms with Gasteiger partial charge in [0.15, 0.2) is 0 Å². The van der Waals surface area contributed by atoms with Gasteiger partial charge in [0.1, 0.15) is 6.61 Å². The summed E-state index contributed by atoms with van der Waals surface area (Å²) in [4.78, 5) is 25.3. The first-order valence-corrected chi connectivity index (χ1v) is 8.39. The lowest BCUT2D eigenvalue weighted by Gasteiger charge is -2.29. The first-order chi connectivity index (χ1) is 11.5. The molecule has 0 aliphatic carbocycles. The number of piperidine rings is 1. The molecule has 0 saturated carbocycles. The molecule has 1 fully saturated rings. The monoisotopic (exact) mass is 331 g/mol. The standard InChI is InChI=1S/C19H25NO4/c1-15(2)24-18(21)9-8-16-10-12-20(13-11-16)19(22)23-14-17-6-4-3-5-7-17/h3-9,15-16H,10-14H2,1-2H3. The van der Waals surface area contributed by atoms with E-state index in [2.05, 4.69) is 0 Å². The van der Waals surface area contributed by atoms with E-state index in [1.807, 2.05) is 50.3 Å². The molecule has 2 rings (SSSR count). The number of ether oxygens (including phenoxy) is 2. The van der Waals surface area contributed by atoms with Gasteiger partial charge in [0.2, 0.25) is 0 Å². The van der Waals surface area contributed by atoms with E-state index >= 15 is 0 Å². The average Bonchev–Trinajstić information content (AvgIpc) is 2.58. The number of esters is 1. The molecule has 1 saturated heterocycles. The third-order valence-electron chi connectivity index (χ3n) is 3.86. The van der Waals surface area contributed by atoms with Gasteiger partial charge in [-0.3, -0.25) is 0 Å². The van der Waals surface area contributed by atoms with Crippen molar-refractivity contribution in [3.63, 3.8) is 0 Å². The zero-order chi connectivity index (χ0) is 17.4. The molecule has 5 heteroatoms. The molecule has 0 aromatic heterocycles. The summed E-state index contributed by atoms with van der Waals surface area (Å²) in [6.07, 6.45) is 4.65. The van der Waals surface area contributed by atoms with E-state index in [1.165, 1.54) is 6.08 Å². The summed E-state index contributed by atoms with van der Waals surface area (Å²) in [6, 6.07) is 9.64. The highest BCUT2D eigenvalue weighted by atomic mass is 16.6. The number of rotatable bonds is 5. The van der Waals surface area contributed by atoms with E-state index < -0.39 is 0 Å². The van der Waals surface area contributed by atoms with Gasteiger partial charge in [0.25, 0.3) is 0 Å². The van der Waals surface area contributed by atoms with Crippen LogP contribution in [0.1, 0.15) is 32.3 Å². The van der Waals surface area contributed by atoms with Crippen LogP contribution in [0.4, 0.5) is 4.79 Å². The van der Waals surface area contributed by atoms with E-state index in [1.54, 1.807) is 4.90 Å². The van der Waals surface area contributed by atoms with Crippen molar-refractivity contribution in [1.82, 2.24) is 4.90 Å². The van der Waals surface area contributed by atoms with Gasteiger partial charge in [-0.1, -0.05) is 36.4 Å². The zero-order valence-electron chi connectivity index (χ0n) is 14.3. The highest BCUT2D eigenvalue weighted by Crippen LogP contribution is 2.19. The lowest BCUT2D eigenvalue weighted by molar-refractivity contribution is -0.141. The van der Waals surface area contributed by atoms with Gasteiger partial charge in [0.05, 0.1) is 6.10 Å². The maximum Gasteiger partial charge on any atom is 0.410 e. The Kier molecular flexibility index (Phi) is 6.85. The number of hydrogen-bond acceptors (Lipinski definition) is 4. The highest BCUT2D eigenvalue weighted by Gasteiger charge is 2.22. The van der Waals surface area contributed by atoms with Gasteiger partial charge in [-0.25, -0.2) is 9.59 Å². The summed E-state index contributed by atoms with van der Waals surface area (Å²) in [5, 5.41) is 0. The lowest BCUT2D eigenvalue weighted by Crippen LogP contribution is -2.38. The molecule has 5 nitrogen and oxygen atoms in total. The molecule has 1 aliphatic heterocycles. The highest BCUT2D eigenvalue weighted by molar-refractivity contribution is 5.82. The van der Waals surface area contributed by atoms with Crippen molar-refractivity contribution in [2.24, 2.45) is 5.92 Å². The van der Waals surface area contributed by atoms with Crippen molar-refractivity contribution in [2.45, 2.75) is 39.4 Å². The van der Waals surface area contributed by atoms with Crippen LogP contribution in [-0.2, 0) is 20.9 Å². The molecule has 0 atom stereocenters. The Labute approximate surface area is 143 Å². The van der Waals surface area contributed by atoms with Gasteiger partial charge < -0.3 is 14.4 Å². The smallest absolute Gasteiger partial charge is 0.410 e. The summed E-state index contributed by atoms with van der Waals surface area (Å²) in [7, 11) is 0. The number of carbonyl (C=O) groups is 2. The second-order valence-corrected chi connectivity index (χ2v) is 6.21. The number of hydrogen-bond donors (Lipinski definition) is 0. The quantitative estimate of drug-likeness (QED) is 0.612. The Morgan fingerprint density at radius 1 is 1.21 bits per heavy atom. The minimum atomic E-state index is -0.310. The normalized spacial score (nSPS) is 15.7. The number of benzene rings is 1. The van der Waals surface area contributed by atoms with Crippen LogP contribution in [0.15, 0.2) is 42.5 Å². The molecule has 1 heterocycles. The third-order valence-corrected chi connectivity index (χ3v) is 3.86. The van der Waals surface area contributed by atoms with Crippen LogP contribution in [0, 0.1) is 5.92 Å². The van der Waals surface area contributed by atoms with E-state index in [0.717, 1.165) is 18.4 Å². The summed E-state index contributed by atoms with van der Waals surface area (Å²) >= 11 is 0. The first kappa shape index (κ1) is 18.0. The van der Waals surface area contributed by atoms with Gasteiger partial charge in [-0.2, -0.15) is 0 Å². The summed E-state index contributed by atoms with van der Waals surface area (Å²) in [6.45, 7) is 5.22. The molecule has 0 N–H and O–H groups in total. The number of amides is 1. The van der Waals surface area contributed by atoms with E-state index in [-0.39, 0.29) is 18.2 Å². The molecule has 0 bridgehead atoms.